The van der Waals surface area contributed by atoms with Crippen LogP contribution in [-0.2, 0) is 31.1 Å². The lowest BCUT2D eigenvalue weighted by Crippen LogP contribution is -2.31. The molecule has 0 atom stereocenters. The fraction of sp³-hybridized carbons (Fsp3) is 0.436. The molecule has 0 radical (unpaired) electrons. The number of unbranched alkanes of at least 4 members (excludes halogenated alkanes) is 4. The van der Waals surface area contributed by atoms with E-state index in [0.717, 1.165) is 105 Å². The molecule has 0 saturated carbocycles. The van der Waals surface area contributed by atoms with E-state index in [9.17, 15) is 0 Å². The first-order valence-corrected chi connectivity index (χ1v) is 16.8. The summed E-state index contributed by atoms with van der Waals surface area (Å²) in [4.78, 5) is 10.1. The molecule has 1 aromatic heterocycles. The molecule has 0 fully saturated rings. The fourth-order valence-electron chi connectivity index (χ4n) is 6.99. The van der Waals surface area contributed by atoms with Crippen molar-refractivity contribution in [3.63, 3.8) is 0 Å². The van der Waals surface area contributed by atoms with Gasteiger partial charge < -0.3 is 11.5 Å². The summed E-state index contributed by atoms with van der Waals surface area (Å²) in [6, 6.07) is 18.4. The van der Waals surface area contributed by atoms with E-state index < -0.39 is 5.41 Å². The summed E-state index contributed by atoms with van der Waals surface area (Å²) in [5.41, 5.74) is 27.1. The quantitative estimate of drug-likeness (QED) is 0.130. The molecule has 5 rings (SSSR count). The maximum absolute atomic E-state index is 6.94. The summed E-state index contributed by atoms with van der Waals surface area (Å²) in [6.45, 7) is 9.01. The summed E-state index contributed by atoms with van der Waals surface area (Å²) >= 11 is 0. The van der Waals surface area contributed by atoms with Crippen molar-refractivity contribution in [3.8, 4) is 11.3 Å². The van der Waals surface area contributed by atoms with Crippen molar-refractivity contribution in [2.75, 3.05) is 11.5 Å². The Bertz CT molecular complexity index is 1380. The highest BCUT2D eigenvalue weighted by Crippen LogP contribution is 2.55. The number of aromatic nitrogens is 2. The average Bonchev–Trinajstić information content (AvgIpc) is 3.34. The molecule has 3 aromatic carbocycles. The van der Waals surface area contributed by atoms with Gasteiger partial charge in [-0.3, -0.25) is 9.97 Å². The minimum Gasteiger partial charge on any atom is -0.398 e. The molecule has 4 aromatic rings. The summed E-state index contributed by atoms with van der Waals surface area (Å²) in [7, 11) is 0. The van der Waals surface area contributed by atoms with Crippen LogP contribution in [0.4, 0.5) is 11.4 Å². The monoisotopic (exact) mass is 574 g/mol. The molecule has 43 heavy (non-hydrogen) atoms. The van der Waals surface area contributed by atoms with Crippen molar-refractivity contribution in [3.05, 3.63) is 106 Å². The Morgan fingerprint density at radius 1 is 0.581 bits per heavy atom. The first-order chi connectivity index (χ1) is 21.0. The maximum atomic E-state index is 6.94. The van der Waals surface area contributed by atoms with Gasteiger partial charge in [-0.2, -0.15) is 0 Å². The number of anilines is 2. The number of aryl methyl sites for hydroxylation is 4. The van der Waals surface area contributed by atoms with Crippen LogP contribution in [0.1, 0.15) is 124 Å². The number of fused-ring (bicyclic) bond motifs is 3. The van der Waals surface area contributed by atoms with Crippen molar-refractivity contribution in [2.45, 2.75) is 110 Å². The molecule has 0 bridgehead atoms. The van der Waals surface area contributed by atoms with Crippen molar-refractivity contribution in [2.24, 2.45) is 0 Å². The second kappa shape index (κ2) is 13.8. The van der Waals surface area contributed by atoms with E-state index >= 15 is 0 Å². The van der Waals surface area contributed by atoms with Crippen molar-refractivity contribution in [1.82, 2.24) is 9.97 Å². The van der Waals surface area contributed by atoms with Gasteiger partial charge in [-0.1, -0.05) is 102 Å². The molecule has 4 nitrogen and oxygen atoms in total. The Labute approximate surface area is 259 Å². The number of nitrogens with two attached hydrogens (primary N) is 2. The molecule has 0 amide bonds. The molecule has 1 aliphatic carbocycles. The molecule has 1 aliphatic rings. The van der Waals surface area contributed by atoms with E-state index in [1.165, 1.54) is 38.9 Å². The third kappa shape index (κ3) is 5.69. The van der Waals surface area contributed by atoms with Crippen molar-refractivity contribution < 1.29 is 0 Å². The van der Waals surface area contributed by atoms with E-state index in [0.29, 0.717) is 0 Å². The molecule has 0 spiro atoms. The van der Waals surface area contributed by atoms with Gasteiger partial charge in [0, 0.05) is 29.3 Å². The third-order valence-corrected chi connectivity index (χ3v) is 9.41. The first-order valence-electron chi connectivity index (χ1n) is 16.8. The Hall–Kier alpha value is -3.66. The van der Waals surface area contributed by atoms with Gasteiger partial charge in [-0.05, 0) is 90.3 Å². The zero-order chi connectivity index (χ0) is 30.4. The lowest BCUT2D eigenvalue weighted by Gasteiger charge is -2.35. The van der Waals surface area contributed by atoms with Crippen LogP contribution in [0.25, 0.3) is 11.3 Å². The number of nitrogens with zero attached hydrogens (tertiary/aromatic N) is 2. The van der Waals surface area contributed by atoms with E-state index in [1.54, 1.807) is 0 Å². The Morgan fingerprint density at radius 2 is 1.00 bits per heavy atom. The van der Waals surface area contributed by atoms with Gasteiger partial charge in [0.1, 0.15) is 0 Å². The molecule has 0 aliphatic heterocycles. The minimum atomic E-state index is -0.606. The first kappa shape index (κ1) is 30.8. The lowest BCUT2D eigenvalue weighted by molar-refractivity contribution is 0.714. The van der Waals surface area contributed by atoms with Gasteiger partial charge in [0.15, 0.2) is 0 Å². The van der Waals surface area contributed by atoms with Crippen LogP contribution in [-0.4, -0.2) is 9.97 Å². The highest BCUT2D eigenvalue weighted by atomic mass is 14.8. The number of nitrogen functional groups attached to an aromatic ring is 2. The smallest absolute Gasteiger partial charge is 0.0937 e. The molecule has 4 heteroatoms. The number of hydrogen-bond donors (Lipinski definition) is 2. The lowest BCUT2D eigenvalue weighted by atomic mass is 9.67. The van der Waals surface area contributed by atoms with Crippen LogP contribution in [0, 0.1) is 0 Å². The van der Waals surface area contributed by atoms with Crippen LogP contribution < -0.4 is 11.5 Å². The number of rotatable bonds is 14. The highest BCUT2D eigenvalue weighted by Gasteiger charge is 2.49. The van der Waals surface area contributed by atoms with Gasteiger partial charge in [0.05, 0.1) is 16.8 Å². The largest absolute Gasteiger partial charge is 0.398 e. The van der Waals surface area contributed by atoms with Crippen LogP contribution in [0.2, 0.25) is 0 Å². The van der Waals surface area contributed by atoms with Gasteiger partial charge in [-0.15, -0.1) is 0 Å². The molecule has 0 unspecified atom stereocenters. The Kier molecular flexibility index (Phi) is 9.85. The predicted molar refractivity (Wildman–Crippen MR) is 183 cm³/mol. The van der Waals surface area contributed by atoms with Crippen LogP contribution in [0.15, 0.2) is 60.9 Å². The van der Waals surface area contributed by atoms with Crippen LogP contribution in [0.3, 0.4) is 0 Å². The molecule has 4 N–H and O–H groups in total. The highest BCUT2D eigenvalue weighted by molar-refractivity contribution is 5.83. The second-order valence-corrected chi connectivity index (χ2v) is 12.4. The normalized spacial score (nSPS) is 13.2. The van der Waals surface area contributed by atoms with Gasteiger partial charge in [0.25, 0.3) is 0 Å². The van der Waals surface area contributed by atoms with Gasteiger partial charge in [0.2, 0.25) is 0 Å². The van der Waals surface area contributed by atoms with Crippen molar-refractivity contribution in [1.29, 1.82) is 0 Å². The van der Waals surface area contributed by atoms with Crippen LogP contribution in [0.5, 0.6) is 0 Å². The topological polar surface area (TPSA) is 77.8 Å². The Balaban J connectivity index is 1.90. The van der Waals surface area contributed by atoms with E-state index in [1.807, 2.05) is 12.4 Å². The SMILES string of the molecule is CCCCc1cc(C2(c3cc(CCCC)c(N)c(CCCC)c3)c3ccccc3-c3nccnc32)cc(CCCC)c1N. The molecular weight excluding hydrogens is 524 g/mol. The summed E-state index contributed by atoms with van der Waals surface area (Å²) in [6.07, 6.45) is 16.6. The van der Waals surface area contributed by atoms with E-state index in [-0.39, 0.29) is 0 Å². The van der Waals surface area contributed by atoms with Crippen LogP contribution >= 0.6 is 0 Å². The van der Waals surface area contributed by atoms with Crippen molar-refractivity contribution >= 4 is 11.4 Å². The standard InChI is InChI=1S/C39H50N4/c1-5-9-15-27-23-31(24-28(35(27)40)16-10-6-2)39(34-20-14-13-19-33(34)37-38(39)43-22-21-42-37)32-25-29(17-11-7-3)36(41)30(26-32)18-12-8-4/h13-14,19-26H,5-12,15-18,40-41H2,1-4H3. The summed E-state index contributed by atoms with van der Waals surface area (Å²) < 4.78 is 0. The molecular formula is C39H50N4. The molecule has 1 heterocycles. The minimum absolute atomic E-state index is 0.606. The maximum Gasteiger partial charge on any atom is 0.0937 e. The Morgan fingerprint density at radius 3 is 1.44 bits per heavy atom. The summed E-state index contributed by atoms with van der Waals surface area (Å²) in [5.74, 6) is 0. The average molecular weight is 575 g/mol. The zero-order valence-electron chi connectivity index (χ0n) is 26.8. The van der Waals surface area contributed by atoms with E-state index in [2.05, 4.69) is 76.2 Å². The zero-order valence-corrected chi connectivity index (χ0v) is 26.8. The molecule has 0 saturated heterocycles. The summed E-state index contributed by atoms with van der Waals surface area (Å²) in [5, 5.41) is 0. The van der Waals surface area contributed by atoms with E-state index in [4.69, 9.17) is 21.4 Å². The van der Waals surface area contributed by atoms with Gasteiger partial charge in [-0.25, -0.2) is 0 Å². The fourth-order valence-corrected chi connectivity index (χ4v) is 6.99. The number of benzene rings is 3. The second-order valence-electron chi connectivity index (χ2n) is 12.4. The van der Waals surface area contributed by atoms with Gasteiger partial charge >= 0.3 is 0 Å². The third-order valence-electron chi connectivity index (χ3n) is 9.41. The molecule has 226 valence electrons. The number of hydrogen-bond acceptors (Lipinski definition) is 4. The predicted octanol–water partition coefficient (Wildman–Crippen LogP) is 9.37.